The van der Waals surface area contributed by atoms with Gasteiger partial charge in [0.1, 0.15) is 5.75 Å². The van der Waals surface area contributed by atoms with Crippen molar-refractivity contribution in [2.24, 2.45) is 0 Å². The lowest BCUT2D eigenvalue weighted by Crippen LogP contribution is -2.37. The predicted molar refractivity (Wildman–Crippen MR) is 135 cm³/mol. The van der Waals surface area contributed by atoms with Crippen LogP contribution < -0.4 is 0 Å². The van der Waals surface area contributed by atoms with Crippen LogP contribution in [0.5, 0.6) is 5.75 Å². The Labute approximate surface area is 205 Å². The van der Waals surface area contributed by atoms with Gasteiger partial charge < -0.3 is 14.9 Å². The third-order valence-corrected chi connectivity index (χ3v) is 6.90. The number of hydrogen-bond donors (Lipinski definition) is 1. The Hall–Kier alpha value is -3.93. The minimum atomic E-state index is -0.0462. The van der Waals surface area contributed by atoms with E-state index in [1.54, 1.807) is 30.4 Å². The summed E-state index contributed by atoms with van der Waals surface area (Å²) in [7, 11) is 0. The first-order valence-electron chi connectivity index (χ1n) is 12.1. The number of piperidine rings is 1. The molecule has 35 heavy (non-hydrogen) atoms. The topological polar surface area (TPSA) is 73.7 Å². The fraction of sp³-hybridized carbons (Fsp3) is 0.276. The molecule has 2 amide bonds. The normalized spacial score (nSPS) is 16.0. The zero-order valence-electron chi connectivity index (χ0n) is 19.9. The molecule has 0 saturated carbocycles. The molecule has 2 aromatic carbocycles. The number of nitrogens with zero attached hydrogens (tertiary/aromatic N) is 3. The number of amides is 2. The van der Waals surface area contributed by atoms with Crippen molar-refractivity contribution in [1.29, 1.82) is 0 Å². The minimum Gasteiger partial charge on any atom is -0.508 e. The van der Waals surface area contributed by atoms with Crippen molar-refractivity contribution in [2.45, 2.75) is 38.8 Å². The van der Waals surface area contributed by atoms with Gasteiger partial charge in [-0.1, -0.05) is 36.4 Å². The van der Waals surface area contributed by atoms with Crippen LogP contribution in [0.3, 0.4) is 0 Å². The molecule has 1 fully saturated rings. The summed E-state index contributed by atoms with van der Waals surface area (Å²) in [5, 5.41) is 9.60. The number of phenols is 1. The fourth-order valence-electron chi connectivity index (χ4n) is 4.99. The molecule has 1 N–H and O–H groups in total. The first kappa shape index (κ1) is 22.8. The summed E-state index contributed by atoms with van der Waals surface area (Å²) < 4.78 is 0. The van der Waals surface area contributed by atoms with Gasteiger partial charge in [-0.15, -0.1) is 0 Å². The van der Waals surface area contributed by atoms with Crippen LogP contribution in [0.25, 0.3) is 6.08 Å². The summed E-state index contributed by atoms with van der Waals surface area (Å²) >= 11 is 0. The molecule has 0 aliphatic carbocycles. The van der Waals surface area contributed by atoms with Crippen molar-refractivity contribution in [3.8, 4) is 5.75 Å². The zero-order valence-corrected chi connectivity index (χ0v) is 19.9. The number of fused-ring (bicyclic) bond motifs is 1. The molecule has 6 heteroatoms. The second-order valence-corrected chi connectivity index (χ2v) is 9.34. The van der Waals surface area contributed by atoms with E-state index in [9.17, 15) is 14.7 Å². The van der Waals surface area contributed by atoms with Crippen molar-refractivity contribution >= 4 is 17.9 Å². The predicted octanol–water partition coefficient (Wildman–Crippen LogP) is 4.67. The molecule has 0 atom stereocenters. The molecule has 3 aromatic rings. The molecule has 3 heterocycles. The van der Waals surface area contributed by atoms with Crippen molar-refractivity contribution in [3.05, 3.63) is 100 Å². The van der Waals surface area contributed by atoms with Gasteiger partial charge in [0.25, 0.3) is 5.91 Å². The molecular formula is C29H29N3O3. The number of phenolic OH excluding ortho intramolecular Hbond substituents is 1. The molecule has 0 spiro atoms. The molecule has 6 nitrogen and oxygen atoms in total. The number of carbonyl (C=O) groups is 2. The van der Waals surface area contributed by atoms with E-state index in [4.69, 9.17) is 4.98 Å². The summed E-state index contributed by atoms with van der Waals surface area (Å²) in [5.74, 6) is 0.290. The summed E-state index contributed by atoms with van der Waals surface area (Å²) in [5.41, 5.74) is 5.62. The van der Waals surface area contributed by atoms with E-state index in [0.29, 0.717) is 31.7 Å². The van der Waals surface area contributed by atoms with Crippen LogP contribution in [0.4, 0.5) is 0 Å². The maximum absolute atomic E-state index is 13.5. The lowest BCUT2D eigenvalue weighted by atomic mass is 9.89. The number of hydrogen-bond acceptors (Lipinski definition) is 4. The lowest BCUT2D eigenvalue weighted by Gasteiger charge is -2.32. The SMILES string of the molecule is Cc1ccc(C(=O)N2Cc3ccccc3C2)c(C2CCN(C(=O)C=Cc3cccc(O)c3)CC2)n1. The van der Waals surface area contributed by atoms with Gasteiger partial charge in [0.05, 0.1) is 11.3 Å². The number of benzene rings is 2. The van der Waals surface area contributed by atoms with Crippen LogP contribution in [0.1, 0.15) is 57.2 Å². The van der Waals surface area contributed by atoms with Gasteiger partial charge in [-0.3, -0.25) is 14.6 Å². The van der Waals surface area contributed by atoms with Crippen LogP contribution in [-0.4, -0.2) is 44.8 Å². The van der Waals surface area contributed by atoms with E-state index in [1.807, 2.05) is 47.1 Å². The van der Waals surface area contributed by atoms with Crippen LogP contribution >= 0.6 is 0 Å². The highest BCUT2D eigenvalue weighted by Crippen LogP contribution is 2.32. The van der Waals surface area contributed by atoms with E-state index in [1.165, 1.54) is 11.1 Å². The van der Waals surface area contributed by atoms with Gasteiger partial charge >= 0.3 is 0 Å². The molecule has 178 valence electrons. The highest BCUT2D eigenvalue weighted by Gasteiger charge is 2.30. The van der Waals surface area contributed by atoms with E-state index in [2.05, 4.69) is 12.1 Å². The van der Waals surface area contributed by atoms with E-state index in [0.717, 1.165) is 29.8 Å². The molecule has 0 radical (unpaired) electrons. The van der Waals surface area contributed by atoms with Crippen molar-refractivity contribution < 1.29 is 14.7 Å². The number of aryl methyl sites for hydroxylation is 1. The Morgan fingerprint density at radius 2 is 1.66 bits per heavy atom. The molecule has 0 unspecified atom stereocenters. The van der Waals surface area contributed by atoms with Crippen molar-refractivity contribution in [1.82, 2.24) is 14.8 Å². The number of aromatic nitrogens is 1. The highest BCUT2D eigenvalue weighted by atomic mass is 16.3. The Morgan fingerprint density at radius 1 is 0.943 bits per heavy atom. The van der Waals surface area contributed by atoms with Crippen LogP contribution in [0, 0.1) is 6.92 Å². The monoisotopic (exact) mass is 467 g/mol. The molecule has 1 saturated heterocycles. The van der Waals surface area contributed by atoms with E-state index >= 15 is 0 Å². The molecule has 2 aliphatic rings. The number of aromatic hydroxyl groups is 1. The lowest BCUT2D eigenvalue weighted by molar-refractivity contribution is -0.127. The Balaban J connectivity index is 1.26. The average Bonchev–Trinajstić information content (AvgIpc) is 3.31. The Kier molecular flexibility index (Phi) is 6.36. The molecule has 0 bridgehead atoms. The van der Waals surface area contributed by atoms with Gasteiger partial charge in [-0.2, -0.15) is 0 Å². The standard InChI is InChI=1S/C29H29N3O3/c1-20-9-11-26(29(35)32-18-23-6-2-3-7-24(23)19-32)28(30-20)22-13-15-31(16-14-22)27(34)12-10-21-5-4-8-25(33)17-21/h2-12,17,22,33H,13-16,18-19H2,1H3. The van der Waals surface area contributed by atoms with Crippen molar-refractivity contribution in [2.75, 3.05) is 13.1 Å². The van der Waals surface area contributed by atoms with Crippen LogP contribution in [0.2, 0.25) is 0 Å². The quantitative estimate of drug-likeness (QED) is 0.566. The van der Waals surface area contributed by atoms with E-state index in [-0.39, 0.29) is 23.5 Å². The second kappa shape index (κ2) is 9.74. The van der Waals surface area contributed by atoms with E-state index < -0.39 is 0 Å². The first-order chi connectivity index (χ1) is 17.0. The number of pyridine rings is 1. The highest BCUT2D eigenvalue weighted by molar-refractivity contribution is 5.96. The molecule has 1 aromatic heterocycles. The maximum atomic E-state index is 13.5. The maximum Gasteiger partial charge on any atom is 0.256 e. The minimum absolute atomic E-state index is 0.0243. The number of rotatable bonds is 4. The van der Waals surface area contributed by atoms with Crippen molar-refractivity contribution in [3.63, 3.8) is 0 Å². The van der Waals surface area contributed by atoms with Gasteiger partial charge in [0.15, 0.2) is 0 Å². The van der Waals surface area contributed by atoms with Gasteiger partial charge in [-0.25, -0.2) is 0 Å². The van der Waals surface area contributed by atoms with Gasteiger partial charge in [0, 0.05) is 43.9 Å². The molecule has 5 rings (SSSR count). The zero-order chi connectivity index (χ0) is 24.4. The van der Waals surface area contributed by atoms with Crippen LogP contribution in [-0.2, 0) is 17.9 Å². The molecular weight excluding hydrogens is 438 g/mol. The van der Waals surface area contributed by atoms with Gasteiger partial charge in [-0.05, 0) is 66.8 Å². The summed E-state index contributed by atoms with van der Waals surface area (Å²) in [4.78, 5) is 34.7. The average molecular weight is 468 g/mol. The summed E-state index contributed by atoms with van der Waals surface area (Å²) in [6.45, 7) is 4.44. The first-order valence-corrected chi connectivity index (χ1v) is 12.1. The third-order valence-electron chi connectivity index (χ3n) is 6.90. The van der Waals surface area contributed by atoms with Crippen LogP contribution in [0.15, 0.2) is 66.7 Å². The smallest absolute Gasteiger partial charge is 0.256 e. The number of likely N-dealkylation sites (tertiary alicyclic amines) is 1. The summed E-state index contributed by atoms with van der Waals surface area (Å²) in [6, 6.07) is 18.8. The Bertz CT molecular complexity index is 1270. The van der Waals surface area contributed by atoms with Gasteiger partial charge in [0.2, 0.25) is 5.91 Å². The summed E-state index contributed by atoms with van der Waals surface area (Å²) in [6.07, 6.45) is 4.81. The Morgan fingerprint density at radius 3 is 2.34 bits per heavy atom. The molecule has 2 aliphatic heterocycles. The third kappa shape index (κ3) is 4.97. The number of carbonyl (C=O) groups excluding carboxylic acids is 2. The largest absolute Gasteiger partial charge is 0.508 e. The second-order valence-electron chi connectivity index (χ2n) is 9.34. The fourth-order valence-corrected chi connectivity index (χ4v) is 4.99.